The molecule has 1 aliphatic rings. The number of aromatic nitrogens is 1. The van der Waals surface area contributed by atoms with E-state index in [0.29, 0.717) is 50.2 Å². The number of guanidine groups is 1. The number of amides is 2. The van der Waals surface area contributed by atoms with Gasteiger partial charge in [0, 0.05) is 31.3 Å². The number of aryl methyl sites for hydroxylation is 1. The zero-order valence-electron chi connectivity index (χ0n) is 30.6. The number of carbonyl (C=O) groups is 4. The van der Waals surface area contributed by atoms with Gasteiger partial charge >= 0.3 is 6.09 Å². The van der Waals surface area contributed by atoms with Crippen LogP contribution in [-0.2, 0) is 27.4 Å². The number of Topliss-reactive ketones (excluding diaryl/α,β-unsaturated/α-hetero) is 2. The van der Waals surface area contributed by atoms with Gasteiger partial charge in [0.25, 0.3) is 0 Å². The number of ketones is 2. The lowest BCUT2D eigenvalue weighted by Crippen LogP contribution is -2.53. The minimum Gasteiger partial charge on any atom is -0.445 e. The second kappa shape index (κ2) is 18.9. The van der Waals surface area contributed by atoms with Gasteiger partial charge in [-0.15, -0.1) is 11.3 Å². The first-order valence-electron chi connectivity index (χ1n) is 18.6. The highest BCUT2D eigenvalue weighted by molar-refractivity contribution is 7.20. The van der Waals surface area contributed by atoms with Gasteiger partial charge in [0.05, 0.1) is 16.3 Å². The predicted octanol–water partition coefficient (Wildman–Crippen LogP) is 6.42. The fraction of sp³-hybridized carbons (Fsp3) is 0.302. The van der Waals surface area contributed by atoms with Crippen LogP contribution in [0.2, 0.25) is 0 Å². The summed E-state index contributed by atoms with van der Waals surface area (Å²) in [5, 5.41) is 3.16. The Morgan fingerprint density at radius 3 is 2.20 bits per heavy atom. The normalized spacial score (nSPS) is 16.3. The lowest BCUT2D eigenvalue weighted by Gasteiger charge is -2.31. The van der Waals surface area contributed by atoms with E-state index in [1.807, 2.05) is 115 Å². The third-order valence-corrected chi connectivity index (χ3v) is 11.0. The van der Waals surface area contributed by atoms with Gasteiger partial charge in [-0.05, 0) is 60.9 Å². The molecule has 5 N–H and O–H groups in total. The molecule has 0 aliphatic carbocycles. The summed E-state index contributed by atoms with van der Waals surface area (Å²) in [4.78, 5) is 67.1. The molecule has 0 bridgehead atoms. The summed E-state index contributed by atoms with van der Waals surface area (Å²) < 4.78 is 6.42. The van der Waals surface area contributed by atoms with Crippen molar-refractivity contribution in [1.82, 2.24) is 15.2 Å². The SMILES string of the molecule is NC(N)=NCCC[C@H](CC(=O)[C@@H]1[C@@H](c2ccccc2)CCN1C(=O)[C@@H](CCc1ccccc1)NC(=O)OCc1ccccc1)C(=O)c1nc2ccccc2s1. The van der Waals surface area contributed by atoms with Crippen molar-refractivity contribution < 1.29 is 23.9 Å². The van der Waals surface area contributed by atoms with E-state index in [-0.39, 0.29) is 42.4 Å². The van der Waals surface area contributed by atoms with E-state index in [0.717, 1.165) is 26.9 Å². The molecule has 2 amide bonds. The number of para-hydroxylation sites is 1. The van der Waals surface area contributed by atoms with Crippen LogP contribution in [0.5, 0.6) is 0 Å². The summed E-state index contributed by atoms with van der Waals surface area (Å²) >= 11 is 1.30. The fourth-order valence-corrected chi connectivity index (χ4v) is 8.18. The highest BCUT2D eigenvalue weighted by Gasteiger charge is 2.45. The standard InChI is InChI=1S/C43H46N6O5S/c44-42(45)46-25-12-19-32(39(51)40-47-34-20-10-11-21-37(34)55-40)27-36(50)38-33(31-17-8-3-9-18-31)24-26-49(38)41(52)35(23-22-29-13-4-1-5-14-29)48-43(53)54-28-30-15-6-2-7-16-30/h1-11,13-18,20-21,32-33,35,38H,12,19,22-28H2,(H,48,53)(H4,44,45,46)/t32-,33-,35-,38+/m1/s1. The van der Waals surface area contributed by atoms with Crippen LogP contribution in [0.4, 0.5) is 4.79 Å². The zero-order chi connectivity index (χ0) is 38.6. The predicted molar refractivity (Wildman–Crippen MR) is 215 cm³/mol. The molecule has 0 saturated carbocycles. The van der Waals surface area contributed by atoms with Crippen LogP contribution in [0, 0.1) is 5.92 Å². The minimum atomic E-state index is -0.965. The summed E-state index contributed by atoms with van der Waals surface area (Å²) in [6.45, 7) is 0.648. The van der Waals surface area contributed by atoms with E-state index in [1.165, 1.54) is 11.3 Å². The van der Waals surface area contributed by atoms with Gasteiger partial charge in [-0.3, -0.25) is 19.4 Å². The number of likely N-dealkylation sites (tertiary alicyclic amines) is 1. The second-order valence-electron chi connectivity index (χ2n) is 13.7. The van der Waals surface area contributed by atoms with Crippen LogP contribution in [0.3, 0.4) is 0 Å². The highest BCUT2D eigenvalue weighted by atomic mass is 32.1. The first-order valence-corrected chi connectivity index (χ1v) is 19.4. The van der Waals surface area contributed by atoms with Crippen molar-refractivity contribution in [3.05, 3.63) is 137 Å². The fourth-order valence-electron chi connectivity index (χ4n) is 7.19. The number of benzene rings is 4. The molecule has 4 atom stereocenters. The summed E-state index contributed by atoms with van der Waals surface area (Å²) in [6.07, 6.45) is 1.34. The average Bonchev–Trinajstić information content (AvgIpc) is 3.86. The third kappa shape index (κ3) is 10.4. The minimum absolute atomic E-state index is 0.0421. The molecule has 5 aromatic rings. The number of carbonyl (C=O) groups excluding carboxylic acids is 4. The molecule has 1 fully saturated rings. The van der Waals surface area contributed by atoms with Gasteiger partial charge in [0.15, 0.2) is 22.5 Å². The number of ether oxygens (including phenoxy) is 1. The number of nitrogens with one attached hydrogen (secondary N) is 1. The molecule has 4 aromatic carbocycles. The monoisotopic (exact) mass is 758 g/mol. The average molecular weight is 759 g/mol. The third-order valence-electron chi connectivity index (χ3n) is 9.93. The molecule has 0 spiro atoms. The van der Waals surface area contributed by atoms with E-state index in [1.54, 1.807) is 4.90 Å². The van der Waals surface area contributed by atoms with E-state index in [9.17, 15) is 19.2 Å². The number of fused-ring (bicyclic) bond motifs is 1. The Morgan fingerprint density at radius 1 is 0.855 bits per heavy atom. The summed E-state index contributed by atoms with van der Waals surface area (Å²) in [6, 6.07) is 34.4. The molecular formula is C43H46N6O5S. The lowest BCUT2D eigenvalue weighted by molar-refractivity contribution is -0.139. The van der Waals surface area contributed by atoms with Crippen LogP contribution >= 0.6 is 11.3 Å². The molecule has 6 rings (SSSR count). The topological polar surface area (TPSA) is 170 Å². The lowest BCUT2D eigenvalue weighted by atomic mass is 9.84. The zero-order valence-corrected chi connectivity index (χ0v) is 31.4. The van der Waals surface area contributed by atoms with Crippen LogP contribution in [0.1, 0.15) is 64.5 Å². The molecule has 2 heterocycles. The van der Waals surface area contributed by atoms with Gasteiger partial charge < -0.3 is 26.4 Å². The van der Waals surface area contributed by atoms with E-state index < -0.39 is 24.1 Å². The quantitative estimate of drug-likeness (QED) is 0.0422. The summed E-state index contributed by atoms with van der Waals surface area (Å²) in [5.74, 6) is -1.89. The molecule has 11 nitrogen and oxygen atoms in total. The number of thiazole rings is 1. The molecule has 0 unspecified atom stereocenters. The number of nitrogens with zero attached hydrogens (tertiary/aromatic N) is 3. The number of alkyl carbamates (subject to hydrolysis) is 1. The Bertz CT molecular complexity index is 2050. The molecule has 1 aliphatic heterocycles. The van der Waals surface area contributed by atoms with E-state index >= 15 is 0 Å². The first-order chi connectivity index (χ1) is 26.8. The largest absolute Gasteiger partial charge is 0.445 e. The maximum Gasteiger partial charge on any atom is 0.408 e. The molecule has 55 heavy (non-hydrogen) atoms. The van der Waals surface area contributed by atoms with Gasteiger partial charge in [0.1, 0.15) is 12.6 Å². The first kappa shape index (κ1) is 38.8. The van der Waals surface area contributed by atoms with Crippen molar-refractivity contribution in [3.8, 4) is 0 Å². The van der Waals surface area contributed by atoms with Crippen molar-refractivity contribution in [3.63, 3.8) is 0 Å². The van der Waals surface area contributed by atoms with Crippen molar-refractivity contribution in [2.24, 2.45) is 22.4 Å². The van der Waals surface area contributed by atoms with E-state index in [4.69, 9.17) is 16.2 Å². The number of rotatable bonds is 17. The highest BCUT2D eigenvalue weighted by Crippen LogP contribution is 2.37. The molecule has 1 aromatic heterocycles. The van der Waals surface area contributed by atoms with Crippen LogP contribution in [-0.4, -0.2) is 64.6 Å². The Balaban J connectivity index is 1.27. The Labute approximate surface area is 324 Å². The molecular weight excluding hydrogens is 713 g/mol. The van der Waals surface area contributed by atoms with E-state index in [2.05, 4.69) is 15.3 Å². The van der Waals surface area contributed by atoms with Crippen LogP contribution in [0.15, 0.2) is 120 Å². The maximum atomic E-state index is 14.7. The summed E-state index contributed by atoms with van der Waals surface area (Å²) in [5.41, 5.74) is 14.6. The van der Waals surface area contributed by atoms with Crippen molar-refractivity contribution >= 4 is 51.1 Å². The number of aliphatic imine (C=N–C) groups is 1. The van der Waals surface area contributed by atoms with Crippen molar-refractivity contribution in [2.75, 3.05) is 13.1 Å². The summed E-state index contributed by atoms with van der Waals surface area (Å²) in [7, 11) is 0. The molecule has 1 saturated heterocycles. The smallest absolute Gasteiger partial charge is 0.408 e. The Hall–Kier alpha value is -5.88. The Morgan fingerprint density at radius 2 is 1.51 bits per heavy atom. The molecule has 12 heteroatoms. The van der Waals surface area contributed by atoms with Gasteiger partial charge in [0.2, 0.25) is 5.91 Å². The maximum absolute atomic E-state index is 14.7. The van der Waals surface area contributed by atoms with Gasteiger partial charge in [-0.25, -0.2) is 9.78 Å². The Kier molecular flexibility index (Phi) is 13.4. The number of hydrogen-bond acceptors (Lipinski definition) is 8. The second-order valence-corrected chi connectivity index (χ2v) is 14.8. The number of nitrogens with two attached hydrogens (primary N) is 2. The van der Waals surface area contributed by atoms with Crippen LogP contribution in [0.25, 0.3) is 10.2 Å². The van der Waals surface area contributed by atoms with Crippen molar-refractivity contribution in [1.29, 1.82) is 0 Å². The van der Waals surface area contributed by atoms with Gasteiger partial charge in [-0.2, -0.15) is 0 Å². The van der Waals surface area contributed by atoms with Crippen molar-refractivity contribution in [2.45, 2.75) is 63.1 Å². The van der Waals surface area contributed by atoms with Gasteiger partial charge in [-0.1, -0.05) is 103 Å². The van der Waals surface area contributed by atoms with Crippen LogP contribution < -0.4 is 16.8 Å². The molecule has 284 valence electrons. The number of hydrogen-bond donors (Lipinski definition) is 3. The molecule has 0 radical (unpaired) electrons.